The van der Waals surface area contributed by atoms with Crippen molar-refractivity contribution >= 4 is 39.8 Å². The second kappa shape index (κ2) is 8.03. The molecule has 2 aliphatic rings. The smallest absolute Gasteiger partial charge is 0.294 e. The molecule has 0 bridgehead atoms. The van der Waals surface area contributed by atoms with Crippen molar-refractivity contribution in [2.45, 2.75) is 37.8 Å². The molecule has 0 radical (unpaired) electrons. The first kappa shape index (κ1) is 21.7. The van der Waals surface area contributed by atoms with Gasteiger partial charge in [0.25, 0.3) is 0 Å². The molecular formula is C26H19ClF3NO2. The standard InChI is InChI=1S/C26H19ClF3NO2/c27-20-11-10-18(26(28,29)30)13-22(20)31-21-6-3-7-23(32)25(21)19(14-24(31)33)17-9-8-15-4-1-2-5-16(15)12-17/h1-2,4-5,8-13,19H,3,6-7,14H2. The third-order valence-corrected chi connectivity index (χ3v) is 6.69. The zero-order valence-corrected chi connectivity index (χ0v) is 18.2. The Kier molecular flexibility index (Phi) is 5.28. The summed E-state index contributed by atoms with van der Waals surface area (Å²) in [5, 5.41) is 2.08. The summed E-state index contributed by atoms with van der Waals surface area (Å²) in [6.45, 7) is 0. The molecule has 3 aromatic carbocycles. The van der Waals surface area contributed by atoms with Crippen LogP contribution in [-0.4, -0.2) is 11.7 Å². The normalized spacial score (nSPS) is 19.3. The number of halogens is 4. The van der Waals surface area contributed by atoms with Crippen molar-refractivity contribution in [1.82, 2.24) is 0 Å². The van der Waals surface area contributed by atoms with Gasteiger partial charge < -0.3 is 0 Å². The zero-order valence-electron chi connectivity index (χ0n) is 17.5. The number of nitrogens with zero attached hydrogens (tertiary/aromatic N) is 1. The molecule has 1 aliphatic carbocycles. The number of amides is 1. The predicted octanol–water partition coefficient (Wildman–Crippen LogP) is 7.04. The molecule has 0 fully saturated rings. The molecule has 1 amide bonds. The molecule has 1 aliphatic heterocycles. The summed E-state index contributed by atoms with van der Waals surface area (Å²) in [6, 6.07) is 16.6. The van der Waals surface area contributed by atoms with Gasteiger partial charge >= 0.3 is 6.18 Å². The van der Waals surface area contributed by atoms with Crippen molar-refractivity contribution in [2.75, 3.05) is 4.90 Å². The summed E-state index contributed by atoms with van der Waals surface area (Å²) < 4.78 is 40.1. The van der Waals surface area contributed by atoms with E-state index in [-0.39, 0.29) is 28.8 Å². The quantitative estimate of drug-likeness (QED) is 0.403. The van der Waals surface area contributed by atoms with E-state index in [2.05, 4.69) is 0 Å². The number of carbonyl (C=O) groups is 2. The van der Waals surface area contributed by atoms with Crippen LogP contribution in [0.4, 0.5) is 18.9 Å². The number of hydrogen-bond donors (Lipinski definition) is 0. The van der Waals surface area contributed by atoms with Crippen LogP contribution in [0.25, 0.3) is 10.8 Å². The Morgan fingerprint density at radius 2 is 1.67 bits per heavy atom. The third kappa shape index (κ3) is 3.82. The highest BCUT2D eigenvalue weighted by molar-refractivity contribution is 6.34. The van der Waals surface area contributed by atoms with Crippen molar-refractivity contribution in [3.8, 4) is 0 Å². The number of hydrogen-bond acceptors (Lipinski definition) is 2. The Bertz CT molecular complexity index is 1330. The average molecular weight is 470 g/mol. The fraction of sp³-hybridized carbons (Fsp3) is 0.231. The van der Waals surface area contributed by atoms with E-state index in [1.807, 2.05) is 42.5 Å². The van der Waals surface area contributed by atoms with Crippen molar-refractivity contribution < 1.29 is 22.8 Å². The molecule has 0 saturated heterocycles. The molecule has 3 nitrogen and oxygen atoms in total. The first-order valence-corrected chi connectivity index (χ1v) is 11.1. The summed E-state index contributed by atoms with van der Waals surface area (Å²) in [4.78, 5) is 27.7. The third-order valence-electron chi connectivity index (χ3n) is 6.37. The van der Waals surface area contributed by atoms with E-state index >= 15 is 0 Å². The molecule has 1 atom stereocenters. The summed E-state index contributed by atoms with van der Waals surface area (Å²) >= 11 is 6.26. The molecular weight excluding hydrogens is 451 g/mol. The summed E-state index contributed by atoms with van der Waals surface area (Å²) in [5.41, 5.74) is 0.886. The molecule has 0 spiro atoms. The van der Waals surface area contributed by atoms with E-state index in [0.29, 0.717) is 30.5 Å². The molecule has 1 unspecified atom stereocenters. The number of benzene rings is 3. The minimum absolute atomic E-state index is 0.0184. The van der Waals surface area contributed by atoms with E-state index in [0.717, 1.165) is 34.5 Å². The van der Waals surface area contributed by atoms with Crippen LogP contribution in [0, 0.1) is 0 Å². The average Bonchev–Trinajstić information content (AvgIpc) is 2.78. The van der Waals surface area contributed by atoms with Gasteiger partial charge in [-0.05, 0) is 47.4 Å². The first-order valence-electron chi connectivity index (χ1n) is 10.7. The van der Waals surface area contributed by atoms with Crippen LogP contribution in [-0.2, 0) is 15.8 Å². The minimum Gasteiger partial charge on any atom is -0.294 e. The highest BCUT2D eigenvalue weighted by Gasteiger charge is 2.41. The van der Waals surface area contributed by atoms with Crippen LogP contribution in [0.2, 0.25) is 5.02 Å². The fourth-order valence-corrected chi connectivity index (χ4v) is 5.04. The maximum absolute atomic E-state index is 13.4. The van der Waals surface area contributed by atoms with Gasteiger partial charge in [0.15, 0.2) is 5.78 Å². The number of anilines is 1. The predicted molar refractivity (Wildman–Crippen MR) is 121 cm³/mol. The summed E-state index contributed by atoms with van der Waals surface area (Å²) in [5.74, 6) is -0.886. The van der Waals surface area contributed by atoms with Gasteiger partial charge in [-0.1, -0.05) is 54.1 Å². The Morgan fingerprint density at radius 3 is 2.42 bits per heavy atom. The molecule has 5 rings (SSSR count). The van der Waals surface area contributed by atoms with Crippen LogP contribution in [0.3, 0.4) is 0 Å². The van der Waals surface area contributed by atoms with Crippen molar-refractivity contribution in [3.05, 3.63) is 88.1 Å². The zero-order chi connectivity index (χ0) is 23.3. The topological polar surface area (TPSA) is 37.4 Å². The number of fused-ring (bicyclic) bond motifs is 1. The molecule has 0 aromatic heterocycles. The van der Waals surface area contributed by atoms with E-state index < -0.39 is 17.7 Å². The van der Waals surface area contributed by atoms with Gasteiger partial charge in [-0.3, -0.25) is 14.5 Å². The highest BCUT2D eigenvalue weighted by Crippen LogP contribution is 2.46. The summed E-state index contributed by atoms with van der Waals surface area (Å²) in [6.07, 6.45) is -3.30. The SMILES string of the molecule is O=C1CCCC2=C1C(c1ccc3ccccc3c1)CC(=O)N2c1cc(C(F)(F)F)ccc1Cl. The largest absolute Gasteiger partial charge is 0.416 e. The molecule has 3 aromatic rings. The van der Waals surface area contributed by atoms with Crippen LogP contribution >= 0.6 is 11.6 Å². The number of carbonyl (C=O) groups excluding carboxylic acids is 2. The van der Waals surface area contributed by atoms with Crippen LogP contribution in [0.15, 0.2) is 71.9 Å². The van der Waals surface area contributed by atoms with Gasteiger partial charge in [-0.15, -0.1) is 0 Å². The van der Waals surface area contributed by atoms with Crippen molar-refractivity contribution in [3.63, 3.8) is 0 Å². The van der Waals surface area contributed by atoms with E-state index in [9.17, 15) is 22.8 Å². The number of allylic oxidation sites excluding steroid dienone is 2. The Hall–Kier alpha value is -3.12. The van der Waals surface area contributed by atoms with Crippen molar-refractivity contribution in [2.24, 2.45) is 0 Å². The lowest BCUT2D eigenvalue weighted by atomic mass is 9.76. The Balaban J connectivity index is 1.67. The van der Waals surface area contributed by atoms with Gasteiger partial charge in [0.1, 0.15) is 0 Å². The lowest BCUT2D eigenvalue weighted by Gasteiger charge is -2.38. The maximum Gasteiger partial charge on any atom is 0.416 e. The Morgan fingerprint density at radius 1 is 0.909 bits per heavy atom. The molecule has 7 heteroatoms. The lowest BCUT2D eigenvalue weighted by molar-refractivity contribution is -0.137. The van der Waals surface area contributed by atoms with E-state index in [1.54, 1.807) is 0 Å². The summed E-state index contributed by atoms with van der Waals surface area (Å²) in [7, 11) is 0. The highest BCUT2D eigenvalue weighted by atomic mass is 35.5. The lowest BCUT2D eigenvalue weighted by Crippen LogP contribution is -2.40. The molecule has 168 valence electrons. The number of rotatable bonds is 2. The number of ketones is 1. The Labute approximate surface area is 193 Å². The van der Waals surface area contributed by atoms with Crippen molar-refractivity contribution in [1.29, 1.82) is 0 Å². The first-order chi connectivity index (χ1) is 15.7. The second-order valence-electron chi connectivity index (χ2n) is 8.39. The number of Topliss-reactive ketones (excluding diaryl/α,β-unsaturated/α-hetero) is 1. The van der Waals surface area contributed by atoms with Crippen LogP contribution < -0.4 is 4.90 Å². The van der Waals surface area contributed by atoms with E-state index in [4.69, 9.17) is 11.6 Å². The molecule has 0 N–H and O–H groups in total. The number of alkyl halides is 3. The van der Waals surface area contributed by atoms with Gasteiger partial charge in [0.2, 0.25) is 5.91 Å². The molecule has 0 saturated carbocycles. The van der Waals surface area contributed by atoms with E-state index in [1.165, 1.54) is 4.90 Å². The second-order valence-corrected chi connectivity index (χ2v) is 8.80. The van der Waals surface area contributed by atoms with Gasteiger partial charge in [-0.2, -0.15) is 13.2 Å². The van der Waals surface area contributed by atoms with Gasteiger partial charge in [0, 0.05) is 30.0 Å². The fourth-order valence-electron chi connectivity index (χ4n) is 4.84. The minimum atomic E-state index is -4.58. The monoisotopic (exact) mass is 469 g/mol. The van der Waals surface area contributed by atoms with Crippen LogP contribution in [0.1, 0.15) is 42.7 Å². The van der Waals surface area contributed by atoms with Gasteiger partial charge in [-0.25, -0.2) is 0 Å². The van der Waals surface area contributed by atoms with Gasteiger partial charge in [0.05, 0.1) is 16.3 Å². The molecule has 1 heterocycles. The maximum atomic E-state index is 13.4. The van der Waals surface area contributed by atoms with Crippen LogP contribution in [0.5, 0.6) is 0 Å². The molecule has 33 heavy (non-hydrogen) atoms.